The molecule has 0 saturated carbocycles. The molecule has 0 aliphatic heterocycles. The highest BCUT2D eigenvalue weighted by atomic mass is 32.1. The molecule has 0 fully saturated rings. The predicted octanol–water partition coefficient (Wildman–Crippen LogP) is 1.83. The Morgan fingerprint density at radius 1 is 1.13 bits per heavy atom. The van der Waals surface area contributed by atoms with Crippen LogP contribution in [-0.4, -0.2) is 30.8 Å². The summed E-state index contributed by atoms with van der Waals surface area (Å²) in [7, 11) is 0. The van der Waals surface area contributed by atoms with Crippen LogP contribution in [0.2, 0.25) is 0 Å². The second-order valence-electron chi connectivity index (χ2n) is 2.43. The van der Waals surface area contributed by atoms with Gasteiger partial charge in [0, 0.05) is 0 Å². The van der Waals surface area contributed by atoms with Crippen molar-refractivity contribution < 1.29 is 19.0 Å². The van der Waals surface area contributed by atoms with Gasteiger partial charge < -0.3 is 14.2 Å². The summed E-state index contributed by atoms with van der Waals surface area (Å²) < 4.78 is 14.9. The number of rotatable bonds is 6. The molecule has 4 nitrogen and oxygen atoms in total. The summed E-state index contributed by atoms with van der Waals surface area (Å²) in [5, 5.41) is 0.101. The van der Waals surface area contributed by atoms with E-state index >= 15 is 0 Å². The second-order valence-corrected chi connectivity index (χ2v) is 2.80. The monoisotopic (exact) mass is 232 g/mol. The van der Waals surface area contributed by atoms with Gasteiger partial charge in [-0.1, -0.05) is 0 Å². The minimum Gasteiger partial charge on any atom is -0.500 e. The van der Waals surface area contributed by atoms with Gasteiger partial charge in [0.1, 0.15) is 11.8 Å². The molecule has 86 valence electrons. The molecule has 15 heavy (non-hydrogen) atoms. The topological polar surface area (TPSA) is 44.8 Å². The van der Waals surface area contributed by atoms with E-state index < -0.39 is 5.97 Å². The molecule has 0 aromatic heterocycles. The fraction of sp³-hybridized carbons (Fsp3) is 0.600. The number of thiocarbonyl (C=S) groups is 1. The predicted molar refractivity (Wildman–Crippen MR) is 60.6 cm³/mol. The Morgan fingerprint density at radius 3 is 2.20 bits per heavy atom. The molecule has 0 N–H and O–H groups in total. The lowest BCUT2D eigenvalue weighted by Crippen LogP contribution is -2.17. The van der Waals surface area contributed by atoms with E-state index in [-0.39, 0.29) is 17.2 Å². The average Bonchev–Trinajstić information content (AvgIpc) is 2.19. The molecule has 0 atom stereocenters. The van der Waals surface area contributed by atoms with Crippen molar-refractivity contribution in [2.45, 2.75) is 20.8 Å². The first-order valence-corrected chi connectivity index (χ1v) is 5.24. The van der Waals surface area contributed by atoms with Gasteiger partial charge in [-0.3, -0.25) is 0 Å². The summed E-state index contributed by atoms with van der Waals surface area (Å²) in [5.41, 5.74) is 0.149. The largest absolute Gasteiger partial charge is 0.500 e. The first kappa shape index (κ1) is 13.9. The highest BCUT2D eigenvalue weighted by Gasteiger charge is 2.17. The first-order chi connectivity index (χ1) is 7.17. The van der Waals surface area contributed by atoms with Crippen molar-refractivity contribution in [3.63, 3.8) is 0 Å². The Bertz CT molecular complexity index is 228. The molecule has 0 aliphatic rings. The summed E-state index contributed by atoms with van der Waals surface area (Å²) in [4.78, 5) is 11.4. The van der Waals surface area contributed by atoms with Crippen molar-refractivity contribution in [1.29, 1.82) is 0 Å². The minimum atomic E-state index is -0.524. The maximum atomic E-state index is 11.4. The van der Waals surface area contributed by atoms with Gasteiger partial charge in [0.2, 0.25) is 5.05 Å². The number of hydrogen-bond donors (Lipinski definition) is 0. The van der Waals surface area contributed by atoms with Gasteiger partial charge in [0.25, 0.3) is 0 Å². The summed E-state index contributed by atoms with van der Waals surface area (Å²) in [6.07, 6.45) is 1.27. The maximum Gasteiger partial charge on any atom is 0.346 e. The van der Waals surface area contributed by atoms with Crippen molar-refractivity contribution >= 4 is 23.2 Å². The summed E-state index contributed by atoms with van der Waals surface area (Å²) in [5.74, 6) is -0.524. The molecule has 0 rings (SSSR count). The minimum absolute atomic E-state index is 0.101. The molecule has 0 spiro atoms. The molecule has 0 amide bonds. The smallest absolute Gasteiger partial charge is 0.346 e. The fourth-order valence-electron chi connectivity index (χ4n) is 0.764. The molecule has 0 unspecified atom stereocenters. The molecule has 0 bridgehead atoms. The Hall–Kier alpha value is -1.10. The van der Waals surface area contributed by atoms with Crippen molar-refractivity contribution in [3.8, 4) is 0 Å². The van der Waals surface area contributed by atoms with E-state index in [2.05, 4.69) is 0 Å². The van der Waals surface area contributed by atoms with Crippen molar-refractivity contribution in [3.05, 3.63) is 11.8 Å². The van der Waals surface area contributed by atoms with Crippen LogP contribution in [0.4, 0.5) is 0 Å². The molecule has 0 aliphatic carbocycles. The zero-order valence-corrected chi connectivity index (χ0v) is 10.1. The van der Waals surface area contributed by atoms with Gasteiger partial charge in [-0.2, -0.15) is 0 Å². The second kappa shape index (κ2) is 8.23. The highest BCUT2D eigenvalue weighted by Crippen LogP contribution is 2.04. The van der Waals surface area contributed by atoms with Crippen LogP contribution in [0.25, 0.3) is 0 Å². The van der Waals surface area contributed by atoms with E-state index in [4.69, 9.17) is 26.4 Å². The van der Waals surface area contributed by atoms with Gasteiger partial charge in [0.05, 0.1) is 19.8 Å². The summed E-state index contributed by atoms with van der Waals surface area (Å²) >= 11 is 4.91. The van der Waals surface area contributed by atoms with Crippen LogP contribution in [0.3, 0.4) is 0 Å². The van der Waals surface area contributed by atoms with Crippen LogP contribution >= 0.6 is 12.2 Å². The van der Waals surface area contributed by atoms with E-state index in [9.17, 15) is 4.79 Å². The third-order valence-corrected chi connectivity index (χ3v) is 1.70. The number of hydrogen-bond acceptors (Lipinski definition) is 5. The summed E-state index contributed by atoms with van der Waals surface area (Å²) in [6, 6.07) is 0. The van der Waals surface area contributed by atoms with E-state index in [0.717, 1.165) is 0 Å². The van der Waals surface area contributed by atoms with Crippen LogP contribution < -0.4 is 0 Å². The molecule has 5 heteroatoms. The average molecular weight is 232 g/mol. The molecular weight excluding hydrogens is 216 g/mol. The van der Waals surface area contributed by atoms with E-state index in [1.165, 1.54) is 6.26 Å². The Balaban J connectivity index is 4.57. The highest BCUT2D eigenvalue weighted by molar-refractivity contribution is 7.80. The van der Waals surface area contributed by atoms with Gasteiger partial charge >= 0.3 is 5.97 Å². The fourth-order valence-corrected chi connectivity index (χ4v) is 1.01. The van der Waals surface area contributed by atoms with E-state index in [0.29, 0.717) is 13.2 Å². The molecule has 0 aromatic carbocycles. The molecule has 0 radical (unpaired) electrons. The lowest BCUT2D eigenvalue weighted by atomic mass is 10.3. The van der Waals surface area contributed by atoms with Crippen molar-refractivity contribution in [2.24, 2.45) is 0 Å². The zero-order valence-electron chi connectivity index (χ0n) is 9.24. The van der Waals surface area contributed by atoms with Crippen LogP contribution in [0.15, 0.2) is 11.8 Å². The standard InChI is InChI=1S/C10H16O4S/c1-4-12-7-8(9(11)13-5-2)10(15)14-6-3/h7H,4-6H2,1-3H3. The quantitative estimate of drug-likeness (QED) is 0.302. The number of esters is 1. The third kappa shape index (κ3) is 5.37. The zero-order chi connectivity index (χ0) is 11.7. The number of ether oxygens (including phenoxy) is 3. The Morgan fingerprint density at radius 2 is 1.73 bits per heavy atom. The van der Waals surface area contributed by atoms with Crippen molar-refractivity contribution in [1.82, 2.24) is 0 Å². The van der Waals surface area contributed by atoms with E-state index in [1.54, 1.807) is 13.8 Å². The van der Waals surface area contributed by atoms with E-state index in [1.807, 2.05) is 6.92 Å². The van der Waals surface area contributed by atoms with Crippen molar-refractivity contribution in [2.75, 3.05) is 19.8 Å². The first-order valence-electron chi connectivity index (χ1n) is 4.83. The maximum absolute atomic E-state index is 11.4. The number of carbonyl (C=O) groups excluding carboxylic acids is 1. The van der Waals surface area contributed by atoms with Crippen LogP contribution in [-0.2, 0) is 19.0 Å². The SMILES string of the molecule is CCOC=C(C(=O)OCC)C(=S)OCC. The van der Waals surface area contributed by atoms with Crippen LogP contribution in [0.5, 0.6) is 0 Å². The van der Waals surface area contributed by atoms with Gasteiger partial charge in [0.15, 0.2) is 0 Å². The Labute approximate surface area is 95.2 Å². The van der Waals surface area contributed by atoms with Crippen LogP contribution in [0.1, 0.15) is 20.8 Å². The van der Waals surface area contributed by atoms with Gasteiger partial charge in [-0.25, -0.2) is 4.79 Å². The molecular formula is C10H16O4S. The molecule has 0 heterocycles. The third-order valence-electron chi connectivity index (χ3n) is 1.36. The van der Waals surface area contributed by atoms with Gasteiger partial charge in [-0.15, -0.1) is 0 Å². The molecule has 0 aromatic rings. The lowest BCUT2D eigenvalue weighted by molar-refractivity contribution is -0.138. The number of carbonyl (C=O) groups is 1. The molecule has 0 saturated heterocycles. The Kier molecular flexibility index (Phi) is 7.62. The lowest BCUT2D eigenvalue weighted by Gasteiger charge is -2.08. The normalized spacial score (nSPS) is 10.7. The summed E-state index contributed by atoms with van der Waals surface area (Å²) in [6.45, 7) is 6.47. The van der Waals surface area contributed by atoms with Crippen LogP contribution in [0, 0.1) is 0 Å². The van der Waals surface area contributed by atoms with Gasteiger partial charge in [-0.05, 0) is 33.0 Å².